The van der Waals surface area contributed by atoms with Gasteiger partial charge in [-0.3, -0.25) is 0 Å². The number of rotatable bonds is 6. The van der Waals surface area contributed by atoms with Gasteiger partial charge in [-0.1, -0.05) is 35.5 Å². The summed E-state index contributed by atoms with van der Waals surface area (Å²) in [7, 11) is -3.68. The van der Waals surface area contributed by atoms with Crippen LogP contribution < -0.4 is 0 Å². The number of hydrogen-bond acceptors (Lipinski definition) is 6. The van der Waals surface area contributed by atoms with Gasteiger partial charge in [0.05, 0.1) is 4.90 Å². The van der Waals surface area contributed by atoms with E-state index in [9.17, 15) is 12.8 Å². The molecule has 0 amide bonds. The van der Waals surface area contributed by atoms with E-state index in [0.29, 0.717) is 10.8 Å². The van der Waals surface area contributed by atoms with Crippen LogP contribution in [0.5, 0.6) is 0 Å². The van der Waals surface area contributed by atoms with E-state index in [4.69, 9.17) is 16.0 Å². The Morgan fingerprint density at radius 1 is 1.04 bits per heavy atom. The topological polar surface area (TPSA) is 73.1 Å². The first-order chi connectivity index (χ1) is 11.9. The number of sulfone groups is 1. The maximum absolute atomic E-state index is 12.9. The van der Waals surface area contributed by atoms with E-state index in [0.717, 1.165) is 17.7 Å². The van der Waals surface area contributed by atoms with Crippen molar-refractivity contribution in [1.82, 2.24) is 10.2 Å². The lowest BCUT2D eigenvalue weighted by Gasteiger charge is -2.01. The largest absolute Gasteiger partial charge is 0.415 e. The summed E-state index contributed by atoms with van der Waals surface area (Å²) in [6.07, 6.45) is 0. The smallest absolute Gasteiger partial charge is 0.276 e. The second-order valence-electron chi connectivity index (χ2n) is 5.09. The number of benzene rings is 2. The Hall–Kier alpha value is -1.90. The highest BCUT2D eigenvalue weighted by Crippen LogP contribution is 2.24. The van der Waals surface area contributed by atoms with Gasteiger partial charge in [0.15, 0.2) is 9.84 Å². The summed E-state index contributed by atoms with van der Waals surface area (Å²) < 4.78 is 42.8. The molecule has 3 rings (SSSR count). The monoisotopic (exact) mass is 398 g/mol. The van der Waals surface area contributed by atoms with Crippen LogP contribution >= 0.6 is 23.4 Å². The summed E-state index contributed by atoms with van der Waals surface area (Å²) in [6, 6.07) is 11.9. The van der Waals surface area contributed by atoms with Crippen LogP contribution in [-0.2, 0) is 21.3 Å². The number of aromatic nitrogens is 2. The third-order valence-corrected chi connectivity index (χ3v) is 5.97. The highest BCUT2D eigenvalue weighted by atomic mass is 35.5. The van der Waals surface area contributed by atoms with Crippen LogP contribution in [0.3, 0.4) is 0 Å². The average Bonchev–Trinajstić information content (AvgIpc) is 3.01. The molecule has 0 spiro atoms. The Balaban J connectivity index is 1.64. The zero-order chi connectivity index (χ0) is 17.9. The lowest BCUT2D eigenvalue weighted by molar-refractivity contribution is 0.423. The number of halogens is 2. The molecule has 5 nitrogen and oxygen atoms in total. The molecule has 9 heteroatoms. The van der Waals surface area contributed by atoms with Crippen molar-refractivity contribution in [2.45, 2.75) is 21.6 Å². The van der Waals surface area contributed by atoms with Crippen molar-refractivity contribution in [2.24, 2.45) is 0 Å². The zero-order valence-electron chi connectivity index (χ0n) is 12.7. The molecule has 0 radical (unpaired) electrons. The molecular weight excluding hydrogens is 387 g/mol. The van der Waals surface area contributed by atoms with Crippen molar-refractivity contribution >= 4 is 33.2 Å². The van der Waals surface area contributed by atoms with Gasteiger partial charge in [-0.2, -0.15) is 0 Å². The van der Waals surface area contributed by atoms with Crippen molar-refractivity contribution in [3.8, 4) is 0 Å². The highest BCUT2D eigenvalue weighted by molar-refractivity contribution is 7.98. The van der Waals surface area contributed by atoms with Crippen LogP contribution in [-0.4, -0.2) is 18.6 Å². The zero-order valence-corrected chi connectivity index (χ0v) is 15.1. The summed E-state index contributed by atoms with van der Waals surface area (Å²) in [5, 5.41) is 8.53. The molecule has 130 valence electrons. The normalized spacial score (nSPS) is 11.6. The molecule has 0 N–H and O–H groups in total. The molecule has 0 fully saturated rings. The van der Waals surface area contributed by atoms with Crippen molar-refractivity contribution in [3.63, 3.8) is 0 Å². The van der Waals surface area contributed by atoms with Crippen LogP contribution in [0, 0.1) is 5.82 Å². The van der Waals surface area contributed by atoms with Crippen molar-refractivity contribution in [1.29, 1.82) is 0 Å². The molecule has 3 aromatic rings. The number of nitrogens with zero attached hydrogens (tertiary/aromatic N) is 2. The third kappa shape index (κ3) is 4.81. The Labute approximate surface area is 153 Å². The quantitative estimate of drug-likeness (QED) is 0.459. The minimum atomic E-state index is -3.68. The maximum atomic E-state index is 12.9. The van der Waals surface area contributed by atoms with Crippen LogP contribution in [0.25, 0.3) is 0 Å². The van der Waals surface area contributed by atoms with E-state index < -0.39 is 21.4 Å². The molecule has 0 bridgehead atoms. The van der Waals surface area contributed by atoms with Crippen LogP contribution in [0.1, 0.15) is 11.5 Å². The molecule has 0 saturated carbocycles. The molecule has 2 aromatic carbocycles. The third-order valence-electron chi connectivity index (χ3n) is 3.21. The van der Waals surface area contributed by atoms with Gasteiger partial charge in [0, 0.05) is 10.8 Å². The Kier molecular flexibility index (Phi) is 5.41. The molecule has 1 aromatic heterocycles. The van der Waals surface area contributed by atoms with Gasteiger partial charge in [0.25, 0.3) is 5.22 Å². The molecular formula is C16H12ClFN2O3S2. The molecule has 0 aliphatic rings. The van der Waals surface area contributed by atoms with Crippen molar-refractivity contribution in [3.05, 3.63) is 70.8 Å². The van der Waals surface area contributed by atoms with Gasteiger partial charge in [-0.05, 0) is 42.0 Å². The molecule has 0 saturated heterocycles. The second kappa shape index (κ2) is 7.55. The van der Waals surface area contributed by atoms with Gasteiger partial charge < -0.3 is 4.42 Å². The number of hydrogen-bond donors (Lipinski definition) is 0. The minimum absolute atomic E-state index is 0.00228. The van der Waals surface area contributed by atoms with Crippen LogP contribution in [0.2, 0.25) is 5.02 Å². The summed E-state index contributed by atoms with van der Waals surface area (Å²) in [5.41, 5.74) is 1.02. The highest BCUT2D eigenvalue weighted by Gasteiger charge is 2.20. The summed E-state index contributed by atoms with van der Waals surface area (Å²) in [6.45, 7) is 0. The summed E-state index contributed by atoms with van der Waals surface area (Å²) >= 11 is 7.12. The molecule has 0 aliphatic carbocycles. The molecule has 0 unspecified atom stereocenters. The fourth-order valence-electron chi connectivity index (χ4n) is 1.97. The van der Waals surface area contributed by atoms with Crippen LogP contribution in [0.15, 0.2) is 63.1 Å². The van der Waals surface area contributed by atoms with E-state index in [2.05, 4.69) is 10.2 Å². The lowest BCUT2D eigenvalue weighted by atomic mass is 10.2. The molecule has 0 atom stereocenters. The SMILES string of the molecule is O=S(=O)(Cc1nnc(SCc2ccc(Cl)cc2)o1)c1ccc(F)cc1. The van der Waals surface area contributed by atoms with Gasteiger partial charge in [-0.15, -0.1) is 10.2 Å². The Morgan fingerprint density at radius 3 is 2.40 bits per heavy atom. The number of thioether (sulfide) groups is 1. The Morgan fingerprint density at radius 2 is 1.72 bits per heavy atom. The van der Waals surface area contributed by atoms with E-state index in [1.165, 1.54) is 23.9 Å². The predicted octanol–water partition coefficient (Wildman–Crippen LogP) is 4.13. The predicted molar refractivity (Wildman–Crippen MR) is 92.6 cm³/mol. The fourth-order valence-corrected chi connectivity index (χ4v) is 3.99. The van der Waals surface area contributed by atoms with Gasteiger partial charge in [0.1, 0.15) is 11.6 Å². The summed E-state index contributed by atoms with van der Waals surface area (Å²) in [5.74, 6) is -0.364. The first kappa shape index (κ1) is 17.9. The van der Waals surface area contributed by atoms with Gasteiger partial charge >= 0.3 is 0 Å². The summed E-state index contributed by atoms with van der Waals surface area (Å²) in [4.78, 5) is 0.00228. The first-order valence-corrected chi connectivity index (χ1v) is 10.1. The van der Waals surface area contributed by atoms with Gasteiger partial charge in [-0.25, -0.2) is 12.8 Å². The van der Waals surface area contributed by atoms with Crippen LogP contribution in [0.4, 0.5) is 4.39 Å². The van der Waals surface area contributed by atoms with Gasteiger partial charge in [0.2, 0.25) is 5.89 Å². The van der Waals surface area contributed by atoms with E-state index in [1.807, 2.05) is 12.1 Å². The average molecular weight is 399 g/mol. The van der Waals surface area contributed by atoms with E-state index in [1.54, 1.807) is 12.1 Å². The minimum Gasteiger partial charge on any atom is -0.415 e. The lowest BCUT2D eigenvalue weighted by Crippen LogP contribution is -2.05. The first-order valence-electron chi connectivity index (χ1n) is 7.10. The second-order valence-corrected chi connectivity index (χ2v) is 8.44. The molecule has 25 heavy (non-hydrogen) atoms. The van der Waals surface area contributed by atoms with E-state index >= 15 is 0 Å². The van der Waals surface area contributed by atoms with E-state index in [-0.39, 0.29) is 16.0 Å². The maximum Gasteiger partial charge on any atom is 0.276 e. The fraction of sp³-hybridized carbons (Fsp3) is 0.125. The molecule has 1 heterocycles. The standard InChI is InChI=1S/C16H12ClFN2O3S2/c17-12-3-1-11(2-4-12)9-24-16-20-19-15(23-16)10-25(21,22)14-7-5-13(18)6-8-14/h1-8H,9-10H2. The van der Waals surface area contributed by atoms with Crippen molar-refractivity contribution in [2.75, 3.05) is 0 Å². The van der Waals surface area contributed by atoms with Crippen molar-refractivity contribution < 1.29 is 17.2 Å². The Bertz CT molecular complexity index is 958. The molecule has 0 aliphatic heterocycles.